The van der Waals surface area contributed by atoms with Gasteiger partial charge in [0.05, 0.1) is 6.54 Å². The lowest BCUT2D eigenvalue weighted by atomic mass is 10.3. The number of furan rings is 1. The number of aromatic nitrogens is 1. The normalized spacial score (nSPS) is 11.0. The Bertz CT molecular complexity index is 606. The van der Waals surface area contributed by atoms with Gasteiger partial charge in [0.1, 0.15) is 17.2 Å². The molecule has 21 heavy (non-hydrogen) atoms. The van der Waals surface area contributed by atoms with Gasteiger partial charge in [-0.05, 0) is 33.2 Å². The van der Waals surface area contributed by atoms with Crippen LogP contribution in [-0.2, 0) is 6.54 Å². The first-order chi connectivity index (χ1) is 9.95. The molecule has 0 aliphatic heterocycles. The monoisotopic (exact) mass is 308 g/mol. The number of nitrogens with zero attached hydrogens (tertiary/aromatic N) is 3. The Hall–Kier alpha value is -1.86. The van der Waals surface area contributed by atoms with Crippen molar-refractivity contribution in [3.8, 4) is 0 Å². The zero-order valence-corrected chi connectivity index (χ0v) is 13.3. The highest BCUT2D eigenvalue weighted by Crippen LogP contribution is 2.16. The second kappa shape index (κ2) is 6.73. The molecule has 0 aliphatic carbocycles. The van der Waals surface area contributed by atoms with Crippen molar-refractivity contribution in [1.82, 2.24) is 14.8 Å². The molecule has 0 unspecified atom stereocenters. The van der Waals surface area contributed by atoms with Crippen molar-refractivity contribution >= 4 is 22.4 Å². The summed E-state index contributed by atoms with van der Waals surface area (Å²) < 4.78 is 5.56. The van der Waals surface area contributed by atoms with Crippen molar-refractivity contribution in [3.63, 3.8) is 0 Å². The van der Waals surface area contributed by atoms with E-state index >= 15 is 0 Å². The Morgan fingerprint density at radius 3 is 2.67 bits per heavy atom. The van der Waals surface area contributed by atoms with Crippen LogP contribution in [0.4, 0.5) is 5.13 Å². The van der Waals surface area contributed by atoms with Gasteiger partial charge in [0, 0.05) is 18.5 Å². The first-order valence-electron chi connectivity index (χ1n) is 6.66. The van der Waals surface area contributed by atoms with E-state index in [1.54, 1.807) is 10.3 Å². The third kappa shape index (κ3) is 4.30. The van der Waals surface area contributed by atoms with Crippen LogP contribution in [-0.4, -0.2) is 47.9 Å². The van der Waals surface area contributed by atoms with Gasteiger partial charge < -0.3 is 20.0 Å². The summed E-state index contributed by atoms with van der Waals surface area (Å²) in [6.07, 6.45) is 0. The predicted molar refractivity (Wildman–Crippen MR) is 83.3 cm³/mol. The number of hydrogen-bond donors (Lipinski definition) is 1. The molecule has 2 aromatic rings. The summed E-state index contributed by atoms with van der Waals surface area (Å²) in [6, 6.07) is 3.78. The molecule has 0 fully saturated rings. The van der Waals surface area contributed by atoms with Gasteiger partial charge in [-0.15, -0.1) is 11.3 Å². The van der Waals surface area contributed by atoms with Gasteiger partial charge in [-0.3, -0.25) is 4.79 Å². The van der Waals surface area contributed by atoms with Crippen LogP contribution in [0, 0.1) is 6.92 Å². The number of rotatable bonds is 6. The maximum atomic E-state index is 12.5. The zero-order valence-electron chi connectivity index (χ0n) is 12.5. The molecule has 0 atom stereocenters. The van der Waals surface area contributed by atoms with Crippen molar-refractivity contribution in [2.75, 3.05) is 32.9 Å². The number of aryl methyl sites for hydroxylation is 1. The van der Waals surface area contributed by atoms with Gasteiger partial charge in [0.25, 0.3) is 5.91 Å². The van der Waals surface area contributed by atoms with Crippen molar-refractivity contribution in [3.05, 3.63) is 34.7 Å². The van der Waals surface area contributed by atoms with Gasteiger partial charge >= 0.3 is 0 Å². The van der Waals surface area contributed by atoms with Gasteiger partial charge in [0.2, 0.25) is 0 Å². The number of thiazole rings is 1. The number of carbonyl (C=O) groups is 1. The molecule has 7 heteroatoms. The van der Waals surface area contributed by atoms with Gasteiger partial charge in [-0.25, -0.2) is 4.98 Å². The number of likely N-dealkylation sites (N-methyl/N-ethyl adjacent to an activating group) is 1. The first-order valence-corrected chi connectivity index (χ1v) is 7.54. The molecule has 0 spiro atoms. The van der Waals surface area contributed by atoms with Gasteiger partial charge in [-0.2, -0.15) is 0 Å². The first kappa shape index (κ1) is 15.5. The number of nitrogen functional groups attached to an aromatic ring is 1. The molecule has 0 radical (unpaired) electrons. The summed E-state index contributed by atoms with van der Waals surface area (Å²) in [5, 5.41) is 2.09. The highest BCUT2D eigenvalue weighted by Gasteiger charge is 2.20. The lowest BCUT2D eigenvalue weighted by Crippen LogP contribution is -2.36. The molecule has 2 heterocycles. The van der Waals surface area contributed by atoms with E-state index in [0.717, 1.165) is 18.1 Å². The lowest BCUT2D eigenvalue weighted by molar-refractivity contribution is 0.0714. The SMILES string of the molecule is Cc1ccc(CN(CCN(C)C)C(=O)c2csc(N)n2)o1. The number of carbonyl (C=O) groups excluding carboxylic acids is 1. The fourth-order valence-electron chi connectivity index (χ4n) is 1.88. The third-order valence-electron chi connectivity index (χ3n) is 2.99. The van der Waals surface area contributed by atoms with Crippen LogP contribution in [0.25, 0.3) is 0 Å². The van der Waals surface area contributed by atoms with Crippen LogP contribution in [0.5, 0.6) is 0 Å². The minimum atomic E-state index is -0.126. The lowest BCUT2D eigenvalue weighted by Gasteiger charge is -2.22. The predicted octanol–water partition coefficient (Wildman–Crippen LogP) is 1.83. The number of anilines is 1. The van der Waals surface area contributed by atoms with Crippen LogP contribution in [0.2, 0.25) is 0 Å². The van der Waals surface area contributed by atoms with E-state index in [4.69, 9.17) is 10.2 Å². The van der Waals surface area contributed by atoms with Crippen molar-refractivity contribution in [1.29, 1.82) is 0 Å². The van der Waals surface area contributed by atoms with Crippen molar-refractivity contribution in [2.24, 2.45) is 0 Å². The molecule has 2 N–H and O–H groups in total. The highest BCUT2D eigenvalue weighted by atomic mass is 32.1. The number of nitrogens with two attached hydrogens (primary N) is 1. The summed E-state index contributed by atoms with van der Waals surface area (Å²) in [4.78, 5) is 20.4. The molecule has 114 valence electrons. The molecule has 0 saturated heterocycles. The Kier molecular flexibility index (Phi) is 4.98. The fourth-order valence-corrected chi connectivity index (χ4v) is 2.42. The van der Waals surface area contributed by atoms with Crippen LogP contribution in [0.3, 0.4) is 0 Å². The molecular weight excluding hydrogens is 288 g/mol. The summed E-state index contributed by atoms with van der Waals surface area (Å²) in [7, 11) is 3.95. The number of hydrogen-bond acceptors (Lipinski definition) is 6. The summed E-state index contributed by atoms with van der Waals surface area (Å²) in [5.41, 5.74) is 5.99. The average molecular weight is 308 g/mol. The minimum Gasteiger partial charge on any atom is -0.464 e. The van der Waals surface area contributed by atoms with E-state index in [2.05, 4.69) is 4.98 Å². The maximum absolute atomic E-state index is 12.5. The molecule has 0 aromatic carbocycles. The van der Waals surface area contributed by atoms with Crippen molar-refractivity contribution in [2.45, 2.75) is 13.5 Å². The maximum Gasteiger partial charge on any atom is 0.273 e. The topological polar surface area (TPSA) is 75.6 Å². The molecular formula is C14H20N4O2S. The molecule has 2 rings (SSSR count). The minimum absolute atomic E-state index is 0.126. The number of amides is 1. The smallest absolute Gasteiger partial charge is 0.273 e. The Balaban J connectivity index is 2.12. The average Bonchev–Trinajstić information content (AvgIpc) is 3.02. The van der Waals surface area contributed by atoms with E-state index in [0.29, 0.717) is 23.9 Å². The highest BCUT2D eigenvalue weighted by molar-refractivity contribution is 7.13. The summed E-state index contributed by atoms with van der Waals surface area (Å²) in [5.74, 6) is 1.48. The van der Waals surface area contributed by atoms with E-state index < -0.39 is 0 Å². The molecule has 6 nitrogen and oxygen atoms in total. The molecule has 1 amide bonds. The van der Waals surface area contributed by atoms with Crippen LogP contribution in [0.1, 0.15) is 22.0 Å². The molecule has 2 aromatic heterocycles. The molecule has 0 bridgehead atoms. The van der Waals surface area contributed by atoms with E-state index in [9.17, 15) is 4.79 Å². The Morgan fingerprint density at radius 2 is 2.14 bits per heavy atom. The quantitative estimate of drug-likeness (QED) is 0.881. The zero-order chi connectivity index (χ0) is 15.4. The Labute approximate surface area is 128 Å². The standard InChI is InChI=1S/C14H20N4O2S/c1-10-4-5-11(20-10)8-18(7-6-17(2)3)13(19)12-9-21-14(15)16-12/h4-5,9H,6-8H2,1-3H3,(H2,15,16). The van der Waals surface area contributed by atoms with Crippen LogP contribution < -0.4 is 5.73 Å². The van der Waals surface area contributed by atoms with E-state index in [1.165, 1.54) is 11.3 Å². The van der Waals surface area contributed by atoms with Gasteiger partial charge in [0.15, 0.2) is 5.13 Å². The second-order valence-corrected chi connectivity index (χ2v) is 6.00. The van der Waals surface area contributed by atoms with E-state index in [1.807, 2.05) is 38.1 Å². The van der Waals surface area contributed by atoms with Crippen LogP contribution >= 0.6 is 11.3 Å². The van der Waals surface area contributed by atoms with Gasteiger partial charge in [-0.1, -0.05) is 0 Å². The Morgan fingerprint density at radius 1 is 1.38 bits per heavy atom. The second-order valence-electron chi connectivity index (χ2n) is 5.11. The summed E-state index contributed by atoms with van der Waals surface area (Å²) in [6.45, 7) is 3.68. The summed E-state index contributed by atoms with van der Waals surface area (Å²) >= 11 is 1.27. The van der Waals surface area contributed by atoms with E-state index in [-0.39, 0.29) is 5.91 Å². The largest absolute Gasteiger partial charge is 0.464 e. The van der Waals surface area contributed by atoms with Crippen molar-refractivity contribution < 1.29 is 9.21 Å². The molecule has 0 aliphatic rings. The third-order valence-corrected chi connectivity index (χ3v) is 3.66. The fraction of sp³-hybridized carbons (Fsp3) is 0.429. The van der Waals surface area contributed by atoms with Crippen LogP contribution in [0.15, 0.2) is 21.9 Å². The molecule has 0 saturated carbocycles.